The lowest BCUT2D eigenvalue weighted by Crippen LogP contribution is -2.57. The molecule has 0 spiro atoms. The Morgan fingerprint density at radius 1 is 0.727 bits per heavy atom. The van der Waals surface area contributed by atoms with Crippen molar-refractivity contribution in [2.75, 3.05) is 82.2 Å². The molecule has 77 heavy (non-hydrogen) atoms. The van der Waals surface area contributed by atoms with Crippen LogP contribution >= 0.6 is 0 Å². The van der Waals surface area contributed by atoms with Crippen molar-refractivity contribution in [2.24, 2.45) is 0 Å². The van der Waals surface area contributed by atoms with Crippen molar-refractivity contribution in [3.8, 4) is 5.75 Å². The van der Waals surface area contributed by atoms with E-state index in [0.29, 0.717) is 106 Å². The first-order valence-corrected chi connectivity index (χ1v) is 25.3. The number of likely N-dealkylation sites (N-methyl/N-ethyl adjacent to an activating group) is 2. The first-order valence-electron chi connectivity index (χ1n) is 25.3. The van der Waals surface area contributed by atoms with Crippen LogP contribution < -0.4 is 19.9 Å². The molecule has 0 aliphatic carbocycles. The lowest BCUT2D eigenvalue weighted by molar-refractivity contribution is -0.0542. The third-order valence-corrected chi connectivity index (χ3v) is 14.6. The van der Waals surface area contributed by atoms with E-state index in [1.807, 2.05) is 61.3 Å². The molecule has 20 nitrogen and oxygen atoms in total. The summed E-state index contributed by atoms with van der Waals surface area (Å²) >= 11 is 0. The van der Waals surface area contributed by atoms with Crippen LogP contribution in [0.5, 0.6) is 5.75 Å². The molecule has 20 heteroatoms. The van der Waals surface area contributed by atoms with E-state index in [1.54, 1.807) is 109 Å². The summed E-state index contributed by atoms with van der Waals surface area (Å²) in [4.78, 5) is 80.6. The summed E-state index contributed by atoms with van der Waals surface area (Å²) in [5, 5.41) is 39.1. The predicted octanol–water partition coefficient (Wildman–Crippen LogP) is 6.78. The number of aromatic amines is 2. The third kappa shape index (κ3) is 9.35. The van der Waals surface area contributed by atoms with Crippen molar-refractivity contribution >= 4 is 63.7 Å². The molecule has 3 atom stereocenters. The molecule has 0 radical (unpaired) electrons. The fourth-order valence-electron chi connectivity index (χ4n) is 10.6. The fourth-order valence-corrected chi connectivity index (χ4v) is 10.6. The highest BCUT2D eigenvalue weighted by Gasteiger charge is 2.52. The molecule has 6 N–H and O–H groups in total. The van der Waals surface area contributed by atoms with Gasteiger partial charge in [-0.05, 0) is 75.2 Å². The monoisotopic (exact) mass is 1040 g/mol. The number of imidazole rings is 2. The number of piperazine rings is 1. The predicted molar refractivity (Wildman–Crippen MR) is 288 cm³/mol. The van der Waals surface area contributed by atoms with Crippen LogP contribution in [0.3, 0.4) is 0 Å². The second-order valence-electron chi connectivity index (χ2n) is 19.7. The highest BCUT2D eigenvalue weighted by Crippen LogP contribution is 2.47. The molecule has 2 aromatic heterocycles. The van der Waals surface area contributed by atoms with Crippen molar-refractivity contribution in [1.82, 2.24) is 39.5 Å². The van der Waals surface area contributed by atoms with Crippen LogP contribution in [0.1, 0.15) is 55.0 Å². The Kier molecular flexibility index (Phi) is 13.4. The number of nitrogens with zero attached hydrogens (tertiary/aromatic N) is 8. The van der Waals surface area contributed by atoms with Crippen LogP contribution in [0.4, 0.5) is 27.2 Å². The number of aromatic nitrogens is 4. The van der Waals surface area contributed by atoms with Gasteiger partial charge in [0.2, 0.25) is 11.9 Å². The molecule has 1 saturated heterocycles. The van der Waals surface area contributed by atoms with Crippen molar-refractivity contribution in [2.45, 2.75) is 30.6 Å². The normalized spacial score (nSPS) is 19.0. The number of carboxylic acid groups (broad SMARTS) is 1. The standard InChI is InChI=1S/C57H57N11O9/c1-63(2)29-31-76-40-15-11-14-39(34-40)68-51(70)42-17-8-10-19-44(42)57(68,75)38-21-23-46-48(33-38)61-53(60-46)67(55(72)73)49(65-27-25-64(3)26-28-65)24-30-77-54(71)62-52-58-45-22-20-37(32-47(45)59-52)56(74)43-18-9-7-16-41(43)50(69)66(56)35-36-12-5-4-6-13-36/h4-23,32-34,49,74-75H,24-31,35H2,1-3H3,(H,60,61)(H,72,73)(H2,58,59,62,71). The zero-order chi connectivity index (χ0) is 53.6. The molecule has 1 fully saturated rings. The molecule has 8 aromatic rings. The molecule has 4 amide bonds. The molecule has 6 aromatic carbocycles. The van der Waals surface area contributed by atoms with Gasteiger partial charge in [0.25, 0.3) is 11.8 Å². The number of hydrogen-bond donors (Lipinski definition) is 6. The van der Waals surface area contributed by atoms with E-state index in [4.69, 9.17) is 14.5 Å². The third-order valence-electron chi connectivity index (χ3n) is 14.6. The number of amides is 4. The lowest BCUT2D eigenvalue weighted by Gasteiger charge is -2.41. The maximum absolute atomic E-state index is 14.3. The van der Waals surface area contributed by atoms with Gasteiger partial charge in [-0.2, -0.15) is 0 Å². The first kappa shape index (κ1) is 50.5. The summed E-state index contributed by atoms with van der Waals surface area (Å²) in [7, 11) is 5.88. The van der Waals surface area contributed by atoms with E-state index < -0.39 is 35.7 Å². The van der Waals surface area contributed by atoms with E-state index in [2.05, 4.69) is 25.2 Å². The number of ether oxygens (including phenoxy) is 2. The van der Waals surface area contributed by atoms with E-state index in [1.165, 1.54) is 9.80 Å². The summed E-state index contributed by atoms with van der Waals surface area (Å²) in [5.74, 6) is -0.123. The number of nitrogens with one attached hydrogen (secondary N) is 3. The van der Waals surface area contributed by atoms with Gasteiger partial charge in [-0.1, -0.05) is 84.9 Å². The average Bonchev–Trinajstić information content (AvgIpc) is 4.37. The number of benzene rings is 6. The fraction of sp³-hybridized carbons (Fsp3) is 0.263. The van der Waals surface area contributed by atoms with Gasteiger partial charge in [0.15, 0.2) is 11.4 Å². The van der Waals surface area contributed by atoms with Crippen LogP contribution in [0.2, 0.25) is 0 Å². The highest BCUT2D eigenvalue weighted by atomic mass is 16.5. The van der Waals surface area contributed by atoms with Crippen LogP contribution in [0, 0.1) is 0 Å². The SMILES string of the molecule is CN(C)CCOc1cccc(N2C(=O)c3ccccc3C2(O)c2ccc3[nH]c(N(C(=O)O)C(CCOC(=O)Nc4nc5ccc(C6(O)c7ccccc7C(=O)N6Cc6ccccc6)cc5[nH]4)N4CCN(C)CC4)nc3c2)c1. The molecule has 394 valence electrons. The van der Waals surface area contributed by atoms with Gasteiger partial charge in [0.05, 0.1) is 40.5 Å². The van der Waals surface area contributed by atoms with Crippen molar-refractivity contribution in [3.63, 3.8) is 0 Å². The Morgan fingerprint density at radius 2 is 1.42 bits per heavy atom. The lowest BCUT2D eigenvalue weighted by atomic mass is 9.93. The maximum atomic E-state index is 14.3. The Hall–Kier alpha value is -8.66. The minimum atomic E-state index is -1.99. The molecule has 3 aliphatic heterocycles. The zero-order valence-electron chi connectivity index (χ0n) is 42.6. The summed E-state index contributed by atoms with van der Waals surface area (Å²) in [6.45, 7) is 3.39. The Balaban J connectivity index is 0.827. The summed E-state index contributed by atoms with van der Waals surface area (Å²) in [5.41, 5.74) is 1.49. The maximum Gasteiger partial charge on any atom is 0.415 e. The summed E-state index contributed by atoms with van der Waals surface area (Å²) in [6, 6.07) is 40.4. The van der Waals surface area contributed by atoms with E-state index in [9.17, 15) is 34.5 Å². The van der Waals surface area contributed by atoms with Gasteiger partial charge in [-0.3, -0.25) is 29.6 Å². The average molecular weight is 1040 g/mol. The molecule has 3 unspecified atom stereocenters. The Labute approximate surface area is 442 Å². The number of H-pyrrole nitrogens is 2. The van der Waals surface area contributed by atoms with Crippen LogP contribution in [0.25, 0.3) is 22.1 Å². The van der Waals surface area contributed by atoms with E-state index >= 15 is 0 Å². The number of hydrogen-bond acceptors (Lipinski definition) is 13. The highest BCUT2D eigenvalue weighted by molar-refractivity contribution is 6.12. The topological polar surface area (TPSA) is 236 Å². The largest absolute Gasteiger partial charge is 0.492 e. The zero-order valence-corrected chi connectivity index (χ0v) is 42.6. The van der Waals surface area contributed by atoms with Crippen molar-refractivity contribution in [1.29, 1.82) is 0 Å². The summed E-state index contributed by atoms with van der Waals surface area (Å²) in [6.07, 6.45) is -2.93. The number of carbonyl (C=O) groups is 4. The van der Waals surface area contributed by atoms with Gasteiger partial charge in [0.1, 0.15) is 12.4 Å². The van der Waals surface area contributed by atoms with E-state index in [0.717, 1.165) is 10.5 Å². The minimum absolute atomic E-state index is 0.00676. The van der Waals surface area contributed by atoms with Gasteiger partial charge < -0.3 is 44.6 Å². The number of anilines is 3. The minimum Gasteiger partial charge on any atom is -0.492 e. The first-order chi connectivity index (χ1) is 37.2. The number of aliphatic hydroxyl groups is 2. The van der Waals surface area contributed by atoms with Crippen LogP contribution in [-0.4, -0.2) is 152 Å². The number of fused-ring (bicyclic) bond motifs is 4. The molecule has 3 aliphatic rings. The number of rotatable bonds is 16. The second kappa shape index (κ2) is 20.5. The van der Waals surface area contributed by atoms with Gasteiger partial charge in [-0.15, -0.1) is 0 Å². The van der Waals surface area contributed by atoms with Crippen molar-refractivity contribution in [3.05, 3.63) is 178 Å². The van der Waals surface area contributed by atoms with Gasteiger partial charge in [0, 0.05) is 85.1 Å². The summed E-state index contributed by atoms with van der Waals surface area (Å²) < 4.78 is 11.7. The van der Waals surface area contributed by atoms with Gasteiger partial charge >= 0.3 is 12.2 Å². The molecule has 0 bridgehead atoms. The van der Waals surface area contributed by atoms with E-state index in [-0.39, 0.29) is 37.4 Å². The number of carbonyl (C=O) groups excluding carboxylic acids is 3. The molecular weight excluding hydrogens is 983 g/mol. The van der Waals surface area contributed by atoms with Crippen LogP contribution in [-0.2, 0) is 22.7 Å². The smallest absolute Gasteiger partial charge is 0.415 e. The quantitative estimate of drug-likeness (QED) is 0.0586. The molecule has 5 heterocycles. The molecule has 11 rings (SSSR count). The Bertz CT molecular complexity index is 3540. The molecular formula is C57H57N11O9. The van der Waals surface area contributed by atoms with Crippen molar-refractivity contribution < 1.29 is 44.0 Å². The Morgan fingerprint density at radius 3 is 2.16 bits per heavy atom. The van der Waals surface area contributed by atoms with Crippen LogP contribution in [0.15, 0.2) is 140 Å². The van der Waals surface area contributed by atoms with Gasteiger partial charge in [-0.25, -0.2) is 24.5 Å². The second-order valence-corrected chi connectivity index (χ2v) is 19.7. The molecule has 0 saturated carbocycles.